The van der Waals surface area contributed by atoms with Gasteiger partial charge in [0.1, 0.15) is 0 Å². The number of amides is 2. The SMILES string of the molecule is CCn1cc(NC(=S)NC(=O)/C=C/c2cc(OC)c(OC)c(OC)c2)c(C(=O)Nc2ccccc2)n1. The Morgan fingerprint density at radius 1 is 1.03 bits per heavy atom. The minimum atomic E-state index is -0.473. The van der Waals surface area contributed by atoms with E-state index >= 15 is 0 Å². The van der Waals surface area contributed by atoms with E-state index in [4.69, 9.17) is 26.4 Å². The molecule has 10 nitrogen and oxygen atoms in total. The highest BCUT2D eigenvalue weighted by Crippen LogP contribution is 2.38. The highest BCUT2D eigenvalue weighted by molar-refractivity contribution is 7.80. The molecule has 0 aliphatic carbocycles. The van der Waals surface area contributed by atoms with Crippen LogP contribution in [-0.4, -0.2) is 48.0 Å². The molecule has 0 aliphatic heterocycles. The minimum Gasteiger partial charge on any atom is -0.493 e. The van der Waals surface area contributed by atoms with Crippen LogP contribution < -0.4 is 30.2 Å². The number of aryl methyl sites for hydroxylation is 1. The molecule has 0 saturated carbocycles. The number of methoxy groups -OCH3 is 3. The summed E-state index contributed by atoms with van der Waals surface area (Å²) < 4.78 is 17.5. The van der Waals surface area contributed by atoms with Gasteiger partial charge in [0.05, 0.1) is 27.0 Å². The second-order valence-corrected chi connectivity index (χ2v) is 7.71. The highest BCUT2D eigenvalue weighted by atomic mass is 32.1. The van der Waals surface area contributed by atoms with Crippen molar-refractivity contribution < 1.29 is 23.8 Å². The fraction of sp³-hybridized carbons (Fsp3) is 0.200. The number of para-hydroxylation sites is 1. The number of nitrogens with one attached hydrogen (secondary N) is 3. The van der Waals surface area contributed by atoms with Gasteiger partial charge in [-0.3, -0.25) is 19.6 Å². The number of hydrogen-bond acceptors (Lipinski definition) is 7. The number of hydrogen-bond donors (Lipinski definition) is 3. The molecule has 0 atom stereocenters. The first-order valence-electron chi connectivity index (χ1n) is 10.9. The lowest BCUT2D eigenvalue weighted by atomic mass is 10.1. The van der Waals surface area contributed by atoms with E-state index in [0.29, 0.717) is 40.7 Å². The van der Waals surface area contributed by atoms with Gasteiger partial charge in [-0.1, -0.05) is 18.2 Å². The summed E-state index contributed by atoms with van der Waals surface area (Å²) in [5.74, 6) is 0.491. The second-order valence-electron chi connectivity index (χ2n) is 7.30. The number of carbonyl (C=O) groups excluding carboxylic acids is 2. The maximum atomic E-state index is 12.8. The summed E-state index contributed by atoms with van der Waals surface area (Å²) in [6.07, 6.45) is 4.54. The Bertz CT molecular complexity index is 1250. The number of rotatable bonds is 9. The zero-order valence-electron chi connectivity index (χ0n) is 20.3. The number of nitrogens with zero attached hydrogens (tertiary/aromatic N) is 2. The topological polar surface area (TPSA) is 116 Å². The van der Waals surface area contributed by atoms with Gasteiger partial charge in [0.25, 0.3) is 5.91 Å². The summed E-state index contributed by atoms with van der Waals surface area (Å²) in [4.78, 5) is 25.2. The second kappa shape index (κ2) is 12.4. The summed E-state index contributed by atoms with van der Waals surface area (Å²) in [5, 5.41) is 12.5. The standard InChI is InChI=1S/C25H27N5O5S/c1-5-30-15-18(22(29-30)24(32)26-17-9-7-6-8-10-17)27-25(36)28-21(31)12-11-16-13-19(33-2)23(35-4)20(14-16)34-3/h6-15H,5H2,1-4H3,(H,26,32)(H2,27,28,31,36)/b12-11+. The van der Waals surface area contributed by atoms with Crippen molar-refractivity contribution in [1.29, 1.82) is 0 Å². The molecule has 36 heavy (non-hydrogen) atoms. The number of thiocarbonyl (C=S) groups is 1. The smallest absolute Gasteiger partial charge is 0.278 e. The molecule has 2 amide bonds. The lowest BCUT2D eigenvalue weighted by Gasteiger charge is -2.12. The first-order valence-corrected chi connectivity index (χ1v) is 11.3. The zero-order chi connectivity index (χ0) is 26.1. The average molecular weight is 510 g/mol. The van der Waals surface area contributed by atoms with Crippen molar-refractivity contribution in [3.05, 3.63) is 66.0 Å². The molecule has 3 N–H and O–H groups in total. The van der Waals surface area contributed by atoms with E-state index in [1.807, 2.05) is 25.1 Å². The molecule has 0 radical (unpaired) electrons. The third-order valence-electron chi connectivity index (χ3n) is 4.93. The van der Waals surface area contributed by atoms with Crippen LogP contribution in [0.1, 0.15) is 23.0 Å². The first-order chi connectivity index (χ1) is 17.4. The fourth-order valence-electron chi connectivity index (χ4n) is 3.23. The van der Waals surface area contributed by atoms with E-state index in [1.165, 1.54) is 27.4 Å². The number of benzene rings is 2. The summed E-state index contributed by atoms with van der Waals surface area (Å²) in [7, 11) is 4.53. The predicted molar refractivity (Wildman–Crippen MR) is 142 cm³/mol. The molecular formula is C25H27N5O5S. The predicted octanol–water partition coefficient (Wildman–Crippen LogP) is 3.71. The van der Waals surface area contributed by atoms with Crippen molar-refractivity contribution in [2.45, 2.75) is 13.5 Å². The molecule has 2 aromatic carbocycles. The molecule has 0 saturated heterocycles. The lowest BCUT2D eigenvalue weighted by Crippen LogP contribution is -2.33. The third-order valence-corrected chi connectivity index (χ3v) is 5.14. The first kappa shape index (κ1) is 26.2. The van der Waals surface area contributed by atoms with Crippen molar-refractivity contribution >= 4 is 46.6 Å². The molecule has 0 spiro atoms. The van der Waals surface area contributed by atoms with Gasteiger partial charge in [0, 0.05) is 24.5 Å². The minimum absolute atomic E-state index is 0.0129. The van der Waals surface area contributed by atoms with Crippen LogP contribution >= 0.6 is 12.2 Å². The normalized spacial score (nSPS) is 10.6. The molecule has 0 aliphatic rings. The number of ether oxygens (including phenoxy) is 3. The molecule has 0 bridgehead atoms. The highest BCUT2D eigenvalue weighted by Gasteiger charge is 2.18. The van der Waals surface area contributed by atoms with Gasteiger partial charge in [-0.2, -0.15) is 5.10 Å². The van der Waals surface area contributed by atoms with Gasteiger partial charge in [-0.05, 0) is 55.0 Å². The van der Waals surface area contributed by atoms with E-state index in [1.54, 1.807) is 41.2 Å². The van der Waals surface area contributed by atoms with Crippen molar-refractivity contribution in [2.75, 3.05) is 32.0 Å². The Morgan fingerprint density at radius 3 is 2.28 bits per heavy atom. The molecule has 1 aromatic heterocycles. The largest absolute Gasteiger partial charge is 0.493 e. The van der Waals surface area contributed by atoms with Crippen LogP contribution in [0.3, 0.4) is 0 Å². The van der Waals surface area contributed by atoms with Gasteiger partial charge in [0.2, 0.25) is 11.7 Å². The van der Waals surface area contributed by atoms with Gasteiger partial charge in [-0.15, -0.1) is 0 Å². The van der Waals surface area contributed by atoms with E-state index < -0.39 is 11.8 Å². The van der Waals surface area contributed by atoms with Crippen LogP contribution in [0, 0.1) is 0 Å². The van der Waals surface area contributed by atoms with Gasteiger partial charge >= 0.3 is 0 Å². The molecular weight excluding hydrogens is 482 g/mol. The van der Waals surface area contributed by atoms with Crippen LogP contribution in [0.4, 0.5) is 11.4 Å². The van der Waals surface area contributed by atoms with E-state index in [-0.39, 0.29) is 10.8 Å². The summed E-state index contributed by atoms with van der Waals surface area (Å²) in [5.41, 5.74) is 1.80. The van der Waals surface area contributed by atoms with Crippen LogP contribution in [0.15, 0.2) is 54.7 Å². The maximum Gasteiger partial charge on any atom is 0.278 e. The number of aromatic nitrogens is 2. The molecule has 11 heteroatoms. The van der Waals surface area contributed by atoms with Crippen LogP contribution in [0.2, 0.25) is 0 Å². The van der Waals surface area contributed by atoms with Gasteiger partial charge < -0.3 is 24.8 Å². The van der Waals surface area contributed by atoms with Gasteiger partial charge in [-0.25, -0.2) is 0 Å². The number of carbonyl (C=O) groups is 2. The molecule has 1 heterocycles. The Hall–Kier alpha value is -4.38. The zero-order valence-corrected chi connectivity index (χ0v) is 21.1. The summed E-state index contributed by atoms with van der Waals surface area (Å²) in [6.45, 7) is 2.44. The Balaban J connectivity index is 1.68. The fourth-order valence-corrected chi connectivity index (χ4v) is 3.44. The quantitative estimate of drug-likeness (QED) is 0.295. The Morgan fingerprint density at radius 2 is 1.69 bits per heavy atom. The van der Waals surface area contributed by atoms with Crippen LogP contribution in [0.5, 0.6) is 17.2 Å². The van der Waals surface area contributed by atoms with Gasteiger partial charge in [0.15, 0.2) is 22.3 Å². The lowest BCUT2D eigenvalue weighted by molar-refractivity contribution is -0.115. The Kier molecular flexibility index (Phi) is 9.01. The summed E-state index contributed by atoms with van der Waals surface area (Å²) >= 11 is 5.27. The van der Waals surface area contributed by atoms with Crippen molar-refractivity contribution in [3.8, 4) is 17.2 Å². The average Bonchev–Trinajstić information content (AvgIpc) is 3.30. The van der Waals surface area contributed by atoms with Crippen LogP contribution in [0.25, 0.3) is 6.08 Å². The molecule has 3 aromatic rings. The molecule has 188 valence electrons. The van der Waals surface area contributed by atoms with Crippen molar-refractivity contribution in [3.63, 3.8) is 0 Å². The monoisotopic (exact) mass is 509 g/mol. The number of anilines is 2. The molecule has 0 unspecified atom stereocenters. The van der Waals surface area contributed by atoms with E-state index in [0.717, 1.165) is 0 Å². The Labute approximate surface area is 214 Å². The summed E-state index contributed by atoms with van der Waals surface area (Å²) in [6, 6.07) is 12.4. The van der Waals surface area contributed by atoms with Crippen LogP contribution in [-0.2, 0) is 11.3 Å². The molecule has 3 rings (SSSR count). The van der Waals surface area contributed by atoms with E-state index in [2.05, 4.69) is 21.0 Å². The van der Waals surface area contributed by atoms with Crippen molar-refractivity contribution in [1.82, 2.24) is 15.1 Å². The molecule has 0 fully saturated rings. The van der Waals surface area contributed by atoms with E-state index in [9.17, 15) is 9.59 Å². The third kappa shape index (κ3) is 6.60. The van der Waals surface area contributed by atoms with Crippen molar-refractivity contribution in [2.24, 2.45) is 0 Å². The maximum absolute atomic E-state index is 12.8.